The van der Waals surface area contributed by atoms with Crippen LogP contribution in [0.5, 0.6) is 0 Å². The van der Waals surface area contributed by atoms with Crippen LogP contribution in [0.4, 0.5) is 5.69 Å². The van der Waals surface area contributed by atoms with Crippen molar-refractivity contribution in [2.45, 2.75) is 32.6 Å². The molecule has 1 aliphatic rings. The first-order valence-corrected chi connectivity index (χ1v) is 6.33. The van der Waals surface area contributed by atoms with Crippen molar-refractivity contribution in [3.63, 3.8) is 0 Å². The lowest BCUT2D eigenvalue weighted by Gasteiger charge is -2.14. The highest BCUT2D eigenvalue weighted by atomic mass is 15.2. The molecule has 4 nitrogen and oxygen atoms in total. The Balaban J connectivity index is 2.09. The lowest BCUT2D eigenvalue weighted by molar-refractivity contribution is 0.634. The van der Waals surface area contributed by atoms with Gasteiger partial charge in [0.25, 0.3) is 0 Å². The fourth-order valence-corrected chi connectivity index (χ4v) is 2.34. The topological polar surface area (TPSA) is 64.7 Å². The molecule has 2 aromatic rings. The van der Waals surface area contributed by atoms with Crippen molar-refractivity contribution in [2.75, 3.05) is 5.73 Å². The highest BCUT2D eigenvalue weighted by molar-refractivity contribution is 5.71. The van der Waals surface area contributed by atoms with E-state index in [0.717, 1.165) is 35.4 Å². The van der Waals surface area contributed by atoms with Gasteiger partial charge in [0, 0.05) is 11.3 Å². The zero-order valence-electron chi connectivity index (χ0n) is 10.5. The molecule has 4 heteroatoms. The third kappa shape index (κ3) is 1.94. The number of anilines is 1. The molecule has 1 aliphatic carbocycles. The number of nitrogens with two attached hydrogens (primary N) is 1. The van der Waals surface area contributed by atoms with Crippen molar-refractivity contribution >= 4 is 5.69 Å². The third-order valence-corrected chi connectivity index (χ3v) is 3.37. The number of hydrogen-bond acceptors (Lipinski definition) is 4. The highest BCUT2D eigenvalue weighted by Gasteiger charge is 2.15. The van der Waals surface area contributed by atoms with Crippen LogP contribution in [0.25, 0.3) is 11.4 Å². The molecule has 0 spiro atoms. The van der Waals surface area contributed by atoms with Gasteiger partial charge in [-0.2, -0.15) is 5.10 Å². The smallest absolute Gasteiger partial charge is 0.184 e. The first-order chi connectivity index (χ1) is 8.74. The van der Waals surface area contributed by atoms with Gasteiger partial charge in [0.2, 0.25) is 0 Å². The van der Waals surface area contributed by atoms with Crippen LogP contribution in [0.1, 0.15) is 29.8 Å². The summed E-state index contributed by atoms with van der Waals surface area (Å²) in [5.41, 5.74) is 10.9. The van der Waals surface area contributed by atoms with Gasteiger partial charge in [0.1, 0.15) is 0 Å². The molecule has 0 saturated carbocycles. The van der Waals surface area contributed by atoms with E-state index in [1.165, 1.54) is 12.8 Å². The number of rotatable bonds is 1. The summed E-state index contributed by atoms with van der Waals surface area (Å²) >= 11 is 0. The predicted octanol–water partition coefficient (Wildman–Crippen LogP) is 2.31. The average molecular weight is 240 g/mol. The van der Waals surface area contributed by atoms with E-state index in [9.17, 15) is 0 Å². The van der Waals surface area contributed by atoms with E-state index in [-0.39, 0.29) is 0 Å². The first-order valence-electron chi connectivity index (χ1n) is 6.33. The quantitative estimate of drug-likeness (QED) is 0.777. The van der Waals surface area contributed by atoms with Crippen LogP contribution in [0.2, 0.25) is 0 Å². The van der Waals surface area contributed by atoms with Crippen molar-refractivity contribution < 1.29 is 0 Å². The van der Waals surface area contributed by atoms with Crippen LogP contribution in [-0.4, -0.2) is 15.2 Å². The summed E-state index contributed by atoms with van der Waals surface area (Å²) in [7, 11) is 0. The Morgan fingerprint density at radius 3 is 2.67 bits per heavy atom. The zero-order valence-corrected chi connectivity index (χ0v) is 10.5. The third-order valence-electron chi connectivity index (χ3n) is 3.37. The Morgan fingerprint density at radius 2 is 1.83 bits per heavy atom. The van der Waals surface area contributed by atoms with Crippen molar-refractivity contribution in [3.05, 3.63) is 35.2 Å². The Morgan fingerprint density at radius 1 is 1.06 bits per heavy atom. The molecule has 0 fully saturated rings. The minimum atomic E-state index is 0.650. The normalized spacial score (nSPS) is 14.3. The molecule has 0 radical (unpaired) electrons. The van der Waals surface area contributed by atoms with Gasteiger partial charge in [-0.05, 0) is 44.7 Å². The van der Waals surface area contributed by atoms with Crippen molar-refractivity contribution in [2.24, 2.45) is 0 Å². The van der Waals surface area contributed by atoms with Crippen molar-refractivity contribution in [1.82, 2.24) is 15.2 Å². The van der Waals surface area contributed by atoms with Gasteiger partial charge in [-0.15, -0.1) is 5.10 Å². The van der Waals surface area contributed by atoms with Crippen LogP contribution in [0.15, 0.2) is 18.2 Å². The average Bonchev–Trinajstić information content (AvgIpc) is 2.41. The maximum absolute atomic E-state index is 5.99. The molecule has 18 heavy (non-hydrogen) atoms. The van der Waals surface area contributed by atoms with E-state index in [4.69, 9.17) is 5.73 Å². The van der Waals surface area contributed by atoms with Crippen LogP contribution < -0.4 is 5.73 Å². The number of nitrogen functional groups attached to an aromatic ring is 1. The van der Waals surface area contributed by atoms with Gasteiger partial charge in [0.05, 0.1) is 11.4 Å². The SMILES string of the molecule is Cc1ccc(N)c(-c2nnc3c(n2)CCCC3)c1. The minimum absolute atomic E-state index is 0.650. The van der Waals surface area contributed by atoms with E-state index >= 15 is 0 Å². The Bertz CT molecular complexity index is 592. The molecule has 3 rings (SSSR count). The number of nitrogens with zero attached hydrogens (tertiary/aromatic N) is 3. The molecule has 0 atom stereocenters. The summed E-state index contributed by atoms with van der Waals surface area (Å²) in [6.07, 6.45) is 4.38. The van der Waals surface area contributed by atoms with Crippen LogP contribution in [0, 0.1) is 6.92 Å². The molecule has 0 amide bonds. The Labute approximate surface area is 106 Å². The maximum atomic E-state index is 5.99. The Hall–Kier alpha value is -1.97. The van der Waals surface area contributed by atoms with Gasteiger partial charge in [-0.25, -0.2) is 4.98 Å². The van der Waals surface area contributed by atoms with Crippen LogP contribution in [-0.2, 0) is 12.8 Å². The number of fused-ring (bicyclic) bond motifs is 1. The second-order valence-electron chi connectivity index (χ2n) is 4.83. The minimum Gasteiger partial charge on any atom is -0.398 e. The molecule has 0 bridgehead atoms. The molecule has 1 aromatic carbocycles. The summed E-state index contributed by atoms with van der Waals surface area (Å²) < 4.78 is 0. The lowest BCUT2D eigenvalue weighted by Crippen LogP contribution is -2.11. The molecule has 0 unspecified atom stereocenters. The molecule has 92 valence electrons. The van der Waals surface area contributed by atoms with E-state index < -0.39 is 0 Å². The summed E-state index contributed by atoms with van der Waals surface area (Å²) in [5, 5.41) is 8.52. The van der Waals surface area contributed by atoms with Gasteiger partial charge < -0.3 is 5.73 Å². The van der Waals surface area contributed by atoms with Crippen LogP contribution in [0.3, 0.4) is 0 Å². The van der Waals surface area contributed by atoms with Crippen molar-refractivity contribution in [1.29, 1.82) is 0 Å². The molecule has 1 heterocycles. The summed E-state index contributed by atoms with van der Waals surface area (Å²) in [6, 6.07) is 5.90. The zero-order chi connectivity index (χ0) is 12.5. The summed E-state index contributed by atoms with van der Waals surface area (Å²) in [5.74, 6) is 0.650. The van der Waals surface area contributed by atoms with Gasteiger partial charge in [0.15, 0.2) is 5.82 Å². The molecule has 2 N–H and O–H groups in total. The highest BCUT2D eigenvalue weighted by Crippen LogP contribution is 2.25. The fourth-order valence-electron chi connectivity index (χ4n) is 2.34. The monoisotopic (exact) mass is 240 g/mol. The van der Waals surface area contributed by atoms with E-state index in [1.807, 2.05) is 25.1 Å². The Kier molecular flexibility index (Phi) is 2.70. The van der Waals surface area contributed by atoms with E-state index in [2.05, 4.69) is 15.2 Å². The number of aromatic nitrogens is 3. The lowest BCUT2D eigenvalue weighted by atomic mass is 10.0. The van der Waals surface area contributed by atoms with Crippen molar-refractivity contribution in [3.8, 4) is 11.4 Å². The van der Waals surface area contributed by atoms with Gasteiger partial charge in [-0.1, -0.05) is 11.6 Å². The van der Waals surface area contributed by atoms with Gasteiger partial charge in [-0.3, -0.25) is 0 Å². The second-order valence-corrected chi connectivity index (χ2v) is 4.83. The largest absolute Gasteiger partial charge is 0.398 e. The standard InChI is InChI=1S/C14H16N4/c1-9-6-7-11(15)10(8-9)14-16-12-4-2-3-5-13(12)17-18-14/h6-8H,2-5,15H2,1H3. The molecular weight excluding hydrogens is 224 g/mol. The summed E-state index contributed by atoms with van der Waals surface area (Å²) in [4.78, 5) is 4.63. The number of aryl methyl sites for hydroxylation is 3. The van der Waals surface area contributed by atoms with E-state index in [1.54, 1.807) is 0 Å². The van der Waals surface area contributed by atoms with E-state index in [0.29, 0.717) is 11.5 Å². The molecule has 1 aromatic heterocycles. The fraction of sp³-hybridized carbons (Fsp3) is 0.357. The molecule has 0 saturated heterocycles. The first kappa shape index (κ1) is 11.1. The predicted molar refractivity (Wildman–Crippen MR) is 71.1 cm³/mol. The maximum Gasteiger partial charge on any atom is 0.184 e. The number of benzene rings is 1. The van der Waals surface area contributed by atoms with Crippen LogP contribution >= 0.6 is 0 Å². The molecule has 0 aliphatic heterocycles. The molecular formula is C14H16N4. The van der Waals surface area contributed by atoms with Gasteiger partial charge >= 0.3 is 0 Å². The summed E-state index contributed by atoms with van der Waals surface area (Å²) in [6.45, 7) is 2.04. The number of hydrogen-bond donors (Lipinski definition) is 1. The second kappa shape index (κ2) is 4.37.